The molecule has 0 fully saturated rings. The Morgan fingerprint density at radius 2 is 2.00 bits per heavy atom. The lowest BCUT2D eigenvalue weighted by Crippen LogP contribution is -2.37. The smallest absolute Gasteiger partial charge is 0.248 e. The molecule has 4 heteroatoms. The maximum atomic E-state index is 11.6. The fourth-order valence-corrected chi connectivity index (χ4v) is 1.13. The molecule has 0 saturated heterocycles. The molecule has 0 aliphatic carbocycles. The van der Waals surface area contributed by atoms with Crippen LogP contribution in [0.3, 0.4) is 0 Å². The zero-order chi connectivity index (χ0) is 11.2. The first-order chi connectivity index (χ1) is 6.40. The van der Waals surface area contributed by atoms with Gasteiger partial charge in [0.2, 0.25) is 5.91 Å². The highest BCUT2D eigenvalue weighted by Gasteiger charge is 2.16. The molecule has 0 aromatic heterocycles. The van der Waals surface area contributed by atoms with Crippen molar-refractivity contribution < 1.29 is 9.53 Å². The molecule has 0 bridgehead atoms. The third-order valence-corrected chi connectivity index (χ3v) is 1.89. The van der Waals surface area contributed by atoms with Crippen molar-refractivity contribution in [1.29, 1.82) is 0 Å². The van der Waals surface area contributed by atoms with E-state index in [0.29, 0.717) is 19.0 Å². The Balaban J connectivity index is 3.93. The Labute approximate surface area is 91.4 Å². The number of rotatable bonds is 5. The van der Waals surface area contributed by atoms with E-state index >= 15 is 0 Å². The average molecular weight is 222 g/mol. The van der Waals surface area contributed by atoms with Gasteiger partial charge in [-0.3, -0.25) is 4.79 Å². The van der Waals surface area contributed by atoms with Gasteiger partial charge < -0.3 is 9.64 Å². The highest BCUT2D eigenvalue weighted by molar-refractivity contribution is 6.18. The standard InChI is InChI=1S/C10H20ClNO2/c1-5-12(7-6-11)9(13)8-14-10(2,3)4/h5-8H2,1-4H3. The fourth-order valence-electron chi connectivity index (χ4n) is 0.931. The number of halogens is 1. The Bertz CT molecular complexity index is 177. The van der Waals surface area contributed by atoms with Crippen LogP contribution in [-0.4, -0.2) is 42.0 Å². The summed E-state index contributed by atoms with van der Waals surface area (Å²) in [5.74, 6) is 0.470. The molecule has 84 valence electrons. The summed E-state index contributed by atoms with van der Waals surface area (Å²) in [6.45, 7) is 9.12. The van der Waals surface area contributed by atoms with Gasteiger partial charge in [0.15, 0.2) is 0 Å². The van der Waals surface area contributed by atoms with Gasteiger partial charge in [-0.1, -0.05) is 0 Å². The molecular weight excluding hydrogens is 202 g/mol. The summed E-state index contributed by atoms with van der Waals surface area (Å²) < 4.78 is 5.39. The minimum atomic E-state index is -0.268. The van der Waals surface area contributed by atoms with E-state index in [4.69, 9.17) is 16.3 Å². The van der Waals surface area contributed by atoms with Crippen molar-refractivity contribution in [2.45, 2.75) is 33.3 Å². The van der Waals surface area contributed by atoms with Gasteiger partial charge in [-0.15, -0.1) is 11.6 Å². The Hall–Kier alpha value is -0.280. The molecule has 3 nitrogen and oxygen atoms in total. The Kier molecular flexibility index (Phi) is 6.12. The maximum Gasteiger partial charge on any atom is 0.248 e. The highest BCUT2D eigenvalue weighted by atomic mass is 35.5. The summed E-state index contributed by atoms with van der Waals surface area (Å²) in [4.78, 5) is 13.2. The molecular formula is C10H20ClNO2. The number of alkyl halides is 1. The van der Waals surface area contributed by atoms with Gasteiger partial charge in [-0.05, 0) is 27.7 Å². The summed E-state index contributed by atoms with van der Waals surface area (Å²) in [6, 6.07) is 0. The van der Waals surface area contributed by atoms with Gasteiger partial charge in [-0.25, -0.2) is 0 Å². The molecule has 1 amide bonds. The molecule has 0 aromatic carbocycles. The summed E-state index contributed by atoms with van der Waals surface area (Å²) in [6.07, 6.45) is 0. The van der Waals surface area contributed by atoms with Crippen LogP contribution in [0.15, 0.2) is 0 Å². The highest BCUT2D eigenvalue weighted by Crippen LogP contribution is 2.06. The number of ether oxygens (including phenoxy) is 1. The molecule has 0 aliphatic heterocycles. The topological polar surface area (TPSA) is 29.5 Å². The normalized spacial score (nSPS) is 11.5. The van der Waals surface area contributed by atoms with Gasteiger partial charge in [-0.2, -0.15) is 0 Å². The number of carbonyl (C=O) groups is 1. The van der Waals surface area contributed by atoms with E-state index in [2.05, 4.69) is 0 Å². The third-order valence-electron chi connectivity index (χ3n) is 1.72. The monoisotopic (exact) mass is 221 g/mol. The minimum Gasteiger partial charge on any atom is -0.366 e. The quantitative estimate of drug-likeness (QED) is 0.664. The van der Waals surface area contributed by atoms with Crippen LogP contribution in [0.4, 0.5) is 0 Å². The summed E-state index contributed by atoms with van der Waals surface area (Å²) >= 11 is 5.57. The molecule has 0 N–H and O–H groups in total. The van der Waals surface area contributed by atoms with Gasteiger partial charge in [0.25, 0.3) is 0 Å². The second kappa shape index (κ2) is 6.25. The van der Waals surface area contributed by atoms with Crippen molar-refractivity contribution >= 4 is 17.5 Å². The third kappa shape index (κ3) is 6.22. The largest absolute Gasteiger partial charge is 0.366 e. The molecule has 0 spiro atoms. The molecule has 0 unspecified atom stereocenters. The Morgan fingerprint density at radius 1 is 1.43 bits per heavy atom. The van der Waals surface area contributed by atoms with Crippen LogP contribution in [0.25, 0.3) is 0 Å². The molecule has 0 aliphatic rings. The van der Waals surface area contributed by atoms with Crippen LogP contribution in [0.1, 0.15) is 27.7 Å². The van der Waals surface area contributed by atoms with Crippen molar-refractivity contribution in [3.8, 4) is 0 Å². The van der Waals surface area contributed by atoms with Crippen molar-refractivity contribution in [2.24, 2.45) is 0 Å². The first-order valence-electron chi connectivity index (χ1n) is 4.88. The van der Waals surface area contributed by atoms with Crippen LogP contribution in [0.5, 0.6) is 0 Å². The van der Waals surface area contributed by atoms with E-state index in [1.165, 1.54) is 0 Å². The van der Waals surface area contributed by atoms with Crippen molar-refractivity contribution in [3.63, 3.8) is 0 Å². The first-order valence-corrected chi connectivity index (χ1v) is 5.42. The molecule has 0 saturated carbocycles. The number of hydrogen-bond donors (Lipinski definition) is 0. The number of likely N-dealkylation sites (N-methyl/N-ethyl adjacent to an activating group) is 1. The second-order valence-electron chi connectivity index (χ2n) is 4.06. The van der Waals surface area contributed by atoms with Crippen molar-refractivity contribution in [3.05, 3.63) is 0 Å². The number of hydrogen-bond acceptors (Lipinski definition) is 2. The maximum absolute atomic E-state index is 11.6. The predicted molar refractivity (Wildman–Crippen MR) is 58.7 cm³/mol. The Morgan fingerprint density at radius 3 is 2.36 bits per heavy atom. The molecule has 0 radical (unpaired) electrons. The van der Waals surface area contributed by atoms with Gasteiger partial charge in [0.1, 0.15) is 6.61 Å². The molecule has 0 rings (SSSR count). The fraction of sp³-hybridized carbons (Fsp3) is 0.900. The number of nitrogens with zero attached hydrogens (tertiary/aromatic N) is 1. The summed E-state index contributed by atoms with van der Waals surface area (Å²) in [7, 11) is 0. The summed E-state index contributed by atoms with van der Waals surface area (Å²) in [5, 5.41) is 0. The lowest BCUT2D eigenvalue weighted by molar-refractivity contribution is -0.140. The van der Waals surface area contributed by atoms with Gasteiger partial charge >= 0.3 is 0 Å². The molecule has 14 heavy (non-hydrogen) atoms. The van der Waals surface area contributed by atoms with Crippen molar-refractivity contribution in [2.75, 3.05) is 25.6 Å². The number of carbonyl (C=O) groups excluding carboxylic acids is 1. The average Bonchev–Trinajstić information content (AvgIpc) is 2.09. The molecule has 0 heterocycles. The van der Waals surface area contributed by atoms with Gasteiger partial charge in [0, 0.05) is 19.0 Å². The summed E-state index contributed by atoms with van der Waals surface area (Å²) in [5.41, 5.74) is -0.268. The zero-order valence-corrected chi connectivity index (χ0v) is 10.2. The molecule has 0 aromatic rings. The van der Waals surface area contributed by atoms with E-state index in [1.807, 2.05) is 27.7 Å². The van der Waals surface area contributed by atoms with Crippen molar-refractivity contribution in [1.82, 2.24) is 4.90 Å². The van der Waals surface area contributed by atoms with E-state index < -0.39 is 0 Å². The first kappa shape index (κ1) is 13.7. The van der Waals surface area contributed by atoms with E-state index in [9.17, 15) is 4.79 Å². The van der Waals surface area contributed by atoms with Crippen LogP contribution in [0.2, 0.25) is 0 Å². The minimum absolute atomic E-state index is 0.00285. The molecule has 0 atom stereocenters. The van der Waals surface area contributed by atoms with Crippen LogP contribution < -0.4 is 0 Å². The number of amides is 1. The van der Waals surface area contributed by atoms with Crippen LogP contribution >= 0.6 is 11.6 Å². The zero-order valence-electron chi connectivity index (χ0n) is 9.47. The van der Waals surface area contributed by atoms with Crippen LogP contribution in [-0.2, 0) is 9.53 Å². The SMILES string of the molecule is CCN(CCCl)C(=O)COC(C)(C)C. The lowest BCUT2D eigenvalue weighted by atomic mass is 10.2. The van der Waals surface area contributed by atoms with Crippen LogP contribution in [0, 0.1) is 0 Å². The predicted octanol–water partition coefficient (Wildman–Crippen LogP) is 1.89. The van der Waals surface area contributed by atoms with E-state index in [-0.39, 0.29) is 18.1 Å². The lowest BCUT2D eigenvalue weighted by Gasteiger charge is -2.23. The van der Waals surface area contributed by atoms with Gasteiger partial charge in [0.05, 0.1) is 5.60 Å². The van der Waals surface area contributed by atoms with E-state index in [1.54, 1.807) is 4.90 Å². The second-order valence-corrected chi connectivity index (χ2v) is 4.44. The van der Waals surface area contributed by atoms with E-state index in [0.717, 1.165) is 0 Å².